The fraction of sp³-hybridized carbons (Fsp3) is 0.333. The van der Waals surface area contributed by atoms with Crippen LogP contribution in [-0.2, 0) is 19.2 Å². The van der Waals surface area contributed by atoms with Gasteiger partial charge < -0.3 is 36.4 Å². The molecule has 1 aromatic carbocycles. The van der Waals surface area contributed by atoms with Crippen molar-refractivity contribution < 1.29 is 39.2 Å². The molecular weight excluding hydrogens is 350 g/mol. The molecule has 1 unspecified atom stereocenters. The van der Waals surface area contributed by atoms with Gasteiger partial charge >= 0.3 is 17.9 Å². The average molecular weight is 371 g/mol. The number of ether oxygens (including phenoxy) is 1. The van der Waals surface area contributed by atoms with Gasteiger partial charge in [0.05, 0.1) is 19.2 Å². The van der Waals surface area contributed by atoms with E-state index in [1.165, 1.54) is 7.11 Å². The molecule has 0 fully saturated rings. The van der Waals surface area contributed by atoms with E-state index < -0.39 is 29.9 Å². The molecule has 0 heterocycles. The van der Waals surface area contributed by atoms with E-state index in [0.29, 0.717) is 24.5 Å². The van der Waals surface area contributed by atoms with Crippen molar-refractivity contribution in [2.45, 2.75) is 12.5 Å². The number of aliphatic carboxylic acids is 3. The quantitative estimate of drug-likeness (QED) is 0.315. The number of hydrogen-bond donors (Lipinski definition) is 6. The number of para-hydroxylation sites is 2. The van der Waals surface area contributed by atoms with Crippen LogP contribution in [0.3, 0.4) is 0 Å². The molecule has 0 aliphatic heterocycles. The van der Waals surface area contributed by atoms with E-state index >= 15 is 0 Å². The minimum absolute atomic E-state index is 0.187. The van der Waals surface area contributed by atoms with Gasteiger partial charge in [-0.05, 0) is 12.1 Å². The standard InChI is InChI=1S/C13H19N3O4.C2H2O4/c1-20-11-5-3-2-4-9(11)16-12(17)8-10(13(18)19)15-7-6-14;3-1(4)2(5)6/h2-5,10,15H,6-8,14H2,1H3,(H,16,17)(H,18,19);(H,3,4)(H,5,6). The molecular formula is C15H21N3O8. The van der Waals surface area contributed by atoms with Crippen molar-refractivity contribution in [3.05, 3.63) is 24.3 Å². The molecule has 11 nitrogen and oxygen atoms in total. The molecule has 0 spiro atoms. The maximum Gasteiger partial charge on any atom is 0.414 e. The highest BCUT2D eigenvalue weighted by molar-refractivity contribution is 6.27. The summed E-state index contributed by atoms with van der Waals surface area (Å²) in [6.07, 6.45) is -0.187. The van der Waals surface area contributed by atoms with Crippen LogP contribution in [0.15, 0.2) is 24.3 Å². The number of rotatable bonds is 8. The molecule has 26 heavy (non-hydrogen) atoms. The Hall–Kier alpha value is -3.18. The highest BCUT2D eigenvalue weighted by Gasteiger charge is 2.20. The van der Waals surface area contributed by atoms with Crippen LogP contribution in [-0.4, -0.2) is 65.4 Å². The van der Waals surface area contributed by atoms with Crippen LogP contribution in [0.25, 0.3) is 0 Å². The number of nitrogens with one attached hydrogen (secondary N) is 2. The van der Waals surface area contributed by atoms with Crippen molar-refractivity contribution in [2.24, 2.45) is 5.73 Å². The molecule has 0 aliphatic carbocycles. The van der Waals surface area contributed by atoms with Gasteiger partial charge in [-0.25, -0.2) is 9.59 Å². The highest BCUT2D eigenvalue weighted by atomic mass is 16.5. The van der Waals surface area contributed by atoms with E-state index in [4.69, 9.17) is 35.4 Å². The first-order valence-corrected chi connectivity index (χ1v) is 7.28. The van der Waals surface area contributed by atoms with Gasteiger partial charge in [0.25, 0.3) is 0 Å². The Morgan fingerprint density at radius 2 is 1.69 bits per heavy atom. The molecule has 0 aliphatic rings. The zero-order valence-corrected chi connectivity index (χ0v) is 14.0. The lowest BCUT2D eigenvalue weighted by atomic mass is 10.2. The highest BCUT2D eigenvalue weighted by Crippen LogP contribution is 2.23. The summed E-state index contributed by atoms with van der Waals surface area (Å²) in [5.74, 6) is -4.63. The molecule has 0 bridgehead atoms. The summed E-state index contributed by atoms with van der Waals surface area (Å²) >= 11 is 0. The van der Waals surface area contributed by atoms with Crippen LogP contribution in [0.2, 0.25) is 0 Å². The van der Waals surface area contributed by atoms with Gasteiger partial charge in [-0.3, -0.25) is 9.59 Å². The summed E-state index contributed by atoms with van der Waals surface area (Å²) < 4.78 is 5.10. The summed E-state index contributed by atoms with van der Waals surface area (Å²) in [7, 11) is 1.49. The molecule has 0 aromatic heterocycles. The number of anilines is 1. The van der Waals surface area contributed by atoms with Crippen LogP contribution in [0, 0.1) is 0 Å². The van der Waals surface area contributed by atoms with E-state index in [0.717, 1.165) is 0 Å². The normalized spacial score (nSPS) is 10.7. The summed E-state index contributed by atoms with van der Waals surface area (Å²) in [5.41, 5.74) is 5.80. The number of hydrogen-bond acceptors (Lipinski definition) is 7. The lowest BCUT2D eigenvalue weighted by Gasteiger charge is -2.14. The molecule has 0 radical (unpaired) electrons. The van der Waals surface area contributed by atoms with Crippen LogP contribution in [0.1, 0.15) is 6.42 Å². The number of nitrogens with two attached hydrogens (primary N) is 1. The number of carboxylic acids is 3. The second-order valence-electron chi connectivity index (χ2n) is 4.70. The number of carbonyl (C=O) groups is 4. The third-order valence-electron chi connectivity index (χ3n) is 2.79. The Morgan fingerprint density at radius 3 is 2.15 bits per heavy atom. The molecule has 1 atom stereocenters. The van der Waals surface area contributed by atoms with Gasteiger partial charge in [-0.1, -0.05) is 12.1 Å². The van der Waals surface area contributed by atoms with Gasteiger partial charge in [0, 0.05) is 13.1 Å². The Morgan fingerprint density at radius 1 is 1.12 bits per heavy atom. The summed E-state index contributed by atoms with van der Waals surface area (Å²) in [4.78, 5) is 41.1. The maximum atomic E-state index is 11.9. The third kappa shape index (κ3) is 9.20. The lowest BCUT2D eigenvalue weighted by Crippen LogP contribution is -2.41. The molecule has 11 heteroatoms. The van der Waals surface area contributed by atoms with Gasteiger partial charge in [0.1, 0.15) is 11.8 Å². The first-order chi connectivity index (χ1) is 12.2. The SMILES string of the molecule is COc1ccccc1NC(=O)CC(NCCN)C(=O)O.O=C(O)C(=O)O. The molecule has 1 aromatic rings. The topological polar surface area (TPSA) is 188 Å². The molecule has 144 valence electrons. The van der Waals surface area contributed by atoms with Gasteiger partial charge in [0.2, 0.25) is 5.91 Å². The van der Waals surface area contributed by atoms with E-state index in [9.17, 15) is 9.59 Å². The van der Waals surface area contributed by atoms with Crippen LogP contribution in [0.5, 0.6) is 5.75 Å². The van der Waals surface area contributed by atoms with Gasteiger partial charge in [-0.2, -0.15) is 0 Å². The van der Waals surface area contributed by atoms with Crippen LogP contribution < -0.4 is 21.1 Å². The fourth-order valence-corrected chi connectivity index (χ4v) is 1.64. The van der Waals surface area contributed by atoms with Crippen molar-refractivity contribution in [1.29, 1.82) is 0 Å². The summed E-state index contributed by atoms with van der Waals surface area (Å²) in [6.45, 7) is 0.636. The van der Waals surface area contributed by atoms with Crippen LogP contribution >= 0.6 is 0 Å². The minimum Gasteiger partial charge on any atom is -0.495 e. The Kier molecular flexibility index (Phi) is 10.7. The zero-order valence-electron chi connectivity index (χ0n) is 14.0. The monoisotopic (exact) mass is 371 g/mol. The van der Waals surface area contributed by atoms with Crippen molar-refractivity contribution >= 4 is 29.5 Å². The largest absolute Gasteiger partial charge is 0.495 e. The van der Waals surface area contributed by atoms with Crippen molar-refractivity contribution in [1.82, 2.24) is 5.32 Å². The number of methoxy groups -OCH3 is 1. The second-order valence-corrected chi connectivity index (χ2v) is 4.70. The van der Waals surface area contributed by atoms with Crippen molar-refractivity contribution in [3.63, 3.8) is 0 Å². The van der Waals surface area contributed by atoms with E-state index in [1.807, 2.05) is 0 Å². The van der Waals surface area contributed by atoms with E-state index in [-0.39, 0.29) is 6.42 Å². The van der Waals surface area contributed by atoms with Gasteiger partial charge in [0.15, 0.2) is 0 Å². The van der Waals surface area contributed by atoms with Crippen molar-refractivity contribution in [2.75, 3.05) is 25.5 Å². The number of carbonyl (C=O) groups excluding carboxylic acids is 1. The fourth-order valence-electron chi connectivity index (χ4n) is 1.64. The Balaban J connectivity index is 0.000000896. The molecule has 1 amide bonds. The smallest absolute Gasteiger partial charge is 0.414 e. The van der Waals surface area contributed by atoms with Crippen LogP contribution in [0.4, 0.5) is 5.69 Å². The molecule has 7 N–H and O–H groups in total. The Bertz CT molecular complexity index is 623. The average Bonchev–Trinajstić information content (AvgIpc) is 2.59. The summed E-state index contributed by atoms with van der Waals surface area (Å²) in [5, 5.41) is 29.1. The molecule has 0 saturated carbocycles. The maximum absolute atomic E-state index is 11.9. The van der Waals surface area contributed by atoms with Crippen molar-refractivity contribution in [3.8, 4) is 5.75 Å². The lowest BCUT2D eigenvalue weighted by molar-refractivity contribution is -0.159. The predicted octanol–water partition coefficient (Wildman–Crippen LogP) is -0.819. The zero-order chi connectivity index (χ0) is 20.1. The first-order valence-electron chi connectivity index (χ1n) is 7.28. The predicted molar refractivity (Wildman–Crippen MR) is 90.0 cm³/mol. The van der Waals surface area contributed by atoms with E-state index in [2.05, 4.69) is 10.6 Å². The minimum atomic E-state index is -1.82. The number of carboxylic acid groups (broad SMARTS) is 3. The number of amides is 1. The second kappa shape index (κ2) is 12.2. The third-order valence-corrected chi connectivity index (χ3v) is 2.79. The molecule has 1 rings (SSSR count). The van der Waals surface area contributed by atoms with Gasteiger partial charge in [-0.15, -0.1) is 0 Å². The first kappa shape index (κ1) is 22.8. The molecule has 0 saturated heterocycles. The van der Waals surface area contributed by atoms with E-state index in [1.54, 1.807) is 24.3 Å². The Labute approximate surface area is 148 Å². The summed E-state index contributed by atoms with van der Waals surface area (Å²) in [6, 6.07) is 5.95. The number of benzene rings is 1.